The fourth-order valence-electron chi connectivity index (χ4n) is 2.46. The Bertz CT molecular complexity index is 833. The summed E-state index contributed by atoms with van der Waals surface area (Å²) in [6, 6.07) is 11.7. The van der Waals surface area contributed by atoms with Gasteiger partial charge in [0.2, 0.25) is 5.91 Å². The number of pyridine rings is 1. The maximum atomic E-state index is 13.0. The standard InChI is InChI=1S/C19H18FN3OS/c1-13(14-5-7-15(20)8-6-14)22-18(24)10-17-12-25-19(23-17)11-16-4-2-3-9-21-16/h2-9,12-13H,10-11H2,1H3,(H,22,24). The summed E-state index contributed by atoms with van der Waals surface area (Å²) in [4.78, 5) is 21.0. The van der Waals surface area contributed by atoms with Crippen LogP contribution >= 0.6 is 11.3 Å². The van der Waals surface area contributed by atoms with E-state index in [-0.39, 0.29) is 24.2 Å². The molecule has 1 N–H and O–H groups in total. The lowest BCUT2D eigenvalue weighted by Crippen LogP contribution is -2.28. The molecule has 2 aromatic heterocycles. The van der Waals surface area contributed by atoms with E-state index in [1.165, 1.54) is 23.5 Å². The van der Waals surface area contributed by atoms with Gasteiger partial charge in [0.1, 0.15) is 5.82 Å². The molecule has 0 aliphatic rings. The summed E-state index contributed by atoms with van der Waals surface area (Å²) in [5.74, 6) is -0.392. The maximum Gasteiger partial charge on any atom is 0.226 e. The van der Waals surface area contributed by atoms with Gasteiger partial charge in [-0.2, -0.15) is 0 Å². The zero-order chi connectivity index (χ0) is 17.6. The van der Waals surface area contributed by atoms with Crippen LogP contribution in [0.15, 0.2) is 54.0 Å². The van der Waals surface area contributed by atoms with E-state index in [1.54, 1.807) is 18.3 Å². The zero-order valence-electron chi connectivity index (χ0n) is 13.8. The van der Waals surface area contributed by atoms with Gasteiger partial charge in [0, 0.05) is 23.7 Å². The third-order valence-electron chi connectivity index (χ3n) is 3.75. The highest BCUT2D eigenvalue weighted by Crippen LogP contribution is 2.16. The number of benzene rings is 1. The van der Waals surface area contributed by atoms with Crippen LogP contribution in [0, 0.1) is 5.82 Å². The van der Waals surface area contributed by atoms with E-state index in [0.29, 0.717) is 6.42 Å². The molecule has 1 aromatic carbocycles. The molecule has 128 valence electrons. The zero-order valence-corrected chi connectivity index (χ0v) is 14.6. The van der Waals surface area contributed by atoms with Gasteiger partial charge in [-0.1, -0.05) is 18.2 Å². The summed E-state index contributed by atoms with van der Waals surface area (Å²) in [5, 5.41) is 5.76. The molecule has 4 nitrogen and oxygen atoms in total. The second-order valence-electron chi connectivity index (χ2n) is 5.75. The molecule has 0 bridgehead atoms. The molecule has 1 unspecified atom stereocenters. The van der Waals surface area contributed by atoms with Crippen LogP contribution in [0.25, 0.3) is 0 Å². The number of carbonyl (C=O) groups is 1. The van der Waals surface area contributed by atoms with Gasteiger partial charge in [-0.05, 0) is 36.8 Å². The Morgan fingerprint density at radius 3 is 2.72 bits per heavy atom. The lowest BCUT2D eigenvalue weighted by Gasteiger charge is -2.13. The highest BCUT2D eigenvalue weighted by Gasteiger charge is 2.12. The lowest BCUT2D eigenvalue weighted by molar-refractivity contribution is -0.121. The van der Waals surface area contributed by atoms with Gasteiger partial charge >= 0.3 is 0 Å². The van der Waals surface area contributed by atoms with Gasteiger partial charge in [0.25, 0.3) is 0 Å². The summed E-state index contributed by atoms with van der Waals surface area (Å²) >= 11 is 1.53. The molecule has 25 heavy (non-hydrogen) atoms. The van der Waals surface area contributed by atoms with E-state index in [2.05, 4.69) is 15.3 Å². The molecule has 1 amide bonds. The van der Waals surface area contributed by atoms with Gasteiger partial charge in [-0.3, -0.25) is 9.78 Å². The molecule has 0 fully saturated rings. The number of rotatable bonds is 6. The van der Waals surface area contributed by atoms with E-state index >= 15 is 0 Å². The first-order valence-electron chi connectivity index (χ1n) is 7.98. The van der Waals surface area contributed by atoms with Crippen LogP contribution in [0.2, 0.25) is 0 Å². The molecular weight excluding hydrogens is 337 g/mol. The number of nitrogens with one attached hydrogen (secondary N) is 1. The number of aromatic nitrogens is 2. The van der Waals surface area contributed by atoms with Crippen molar-refractivity contribution in [3.8, 4) is 0 Å². The van der Waals surface area contributed by atoms with E-state index < -0.39 is 0 Å². The lowest BCUT2D eigenvalue weighted by atomic mass is 10.1. The van der Waals surface area contributed by atoms with Crippen molar-refractivity contribution in [2.24, 2.45) is 0 Å². The summed E-state index contributed by atoms with van der Waals surface area (Å²) in [5.41, 5.74) is 2.57. The summed E-state index contributed by atoms with van der Waals surface area (Å²) in [6.45, 7) is 1.87. The van der Waals surface area contributed by atoms with Crippen molar-refractivity contribution >= 4 is 17.2 Å². The van der Waals surface area contributed by atoms with Crippen molar-refractivity contribution in [2.45, 2.75) is 25.8 Å². The minimum Gasteiger partial charge on any atom is -0.349 e. The first-order valence-corrected chi connectivity index (χ1v) is 8.86. The molecule has 0 saturated heterocycles. The van der Waals surface area contributed by atoms with Crippen LogP contribution < -0.4 is 5.32 Å². The minimum atomic E-state index is -0.287. The molecule has 0 aliphatic heterocycles. The Labute approximate surface area is 149 Å². The van der Waals surface area contributed by atoms with Crippen molar-refractivity contribution in [3.05, 3.63) is 81.8 Å². The molecule has 3 rings (SSSR count). The Kier molecular flexibility index (Phi) is 5.50. The Morgan fingerprint density at radius 1 is 1.20 bits per heavy atom. The molecule has 0 radical (unpaired) electrons. The van der Waals surface area contributed by atoms with Crippen LogP contribution in [0.4, 0.5) is 4.39 Å². The van der Waals surface area contributed by atoms with Gasteiger partial charge < -0.3 is 5.32 Å². The van der Waals surface area contributed by atoms with E-state index in [9.17, 15) is 9.18 Å². The van der Waals surface area contributed by atoms with Crippen molar-refractivity contribution in [2.75, 3.05) is 0 Å². The molecule has 1 atom stereocenters. The van der Waals surface area contributed by atoms with Crippen LogP contribution in [-0.4, -0.2) is 15.9 Å². The van der Waals surface area contributed by atoms with Crippen molar-refractivity contribution in [3.63, 3.8) is 0 Å². The first kappa shape index (κ1) is 17.2. The van der Waals surface area contributed by atoms with Crippen molar-refractivity contribution < 1.29 is 9.18 Å². The second kappa shape index (κ2) is 7.98. The van der Waals surface area contributed by atoms with E-state index in [4.69, 9.17) is 0 Å². The highest BCUT2D eigenvalue weighted by molar-refractivity contribution is 7.09. The maximum absolute atomic E-state index is 13.0. The molecule has 6 heteroatoms. The minimum absolute atomic E-state index is 0.105. The van der Waals surface area contributed by atoms with Gasteiger partial charge in [-0.15, -0.1) is 11.3 Å². The summed E-state index contributed by atoms with van der Waals surface area (Å²) in [7, 11) is 0. The van der Waals surface area contributed by atoms with Crippen molar-refractivity contribution in [1.82, 2.24) is 15.3 Å². The predicted octanol–water partition coefficient (Wildman–Crippen LogP) is 3.69. The number of hydrogen-bond acceptors (Lipinski definition) is 4. The van der Waals surface area contributed by atoms with Gasteiger partial charge in [0.15, 0.2) is 0 Å². The molecule has 0 saturated carbocycles. The average Bonchev–Trinajstić information content (AvgIpc) is 3.03. The van der Waals surface area contributed by atoms with Crippen molar-refractivity contribution in [1.29, 1.82) is 0 Å². The third kappa shape index (κ3) is 4.93. The summed E-state index contributed by atoms with van der Waals surface area (Å²) < 4.78 is 13.0. The molecule has 2 heterocycles. The fraction of sp³-hybridized carbons (Fsp3) is 0.211. The molecule has 0 aliphatic carbocycles. The Balaban J connectivity index is 1.55. The average molecular weight is 355 g/mol. The van der Waals surface area contributed by atoms with Crippen LogP contribution in [0.5, 0.6) is 0 Å². The topological polar surface area (TPSA) is 54.9 Å². The Hall–Kier alpha value is -2.60. The fourth-order valence-corrected chi connectivity index (χ4v) is 3.27. The van der Waals surface area contributed by atoms with Gasteiger partial charge in [0.05, 0.1) is 23.2 Å². The van der Waals surface area contributed by atoms with Crippen LogP contribution in [0.1, 0.15) is 34.9 Å². The molecule has 0 spiro atoms. The number of hydrogen-bond donors (Lipinski definition) is 1. The molecular formula is C19H18FN3OS. The first-order chi connectivity index (χ1) is 12.1. The number of halogens is 1. The SMILES string of the molecule is CC(NC(=O)Cc1csc(Cc2ccccn2)n1)c1ccc(F)cc1. The number of carbonyl (C=O) groups excluding carboxylic acids is 1. The highest BCUT2D eigenvalue weighted by atomic mass is 32.1. The summed E-state index contributed by atoms with van der Waals surface area (Å²) in [6.07, 6.45) is 2.65. The predicted molar refractivity (Wildman–Crippen MR) is 95.8 cm³/mol. The molecule has 3 aromatic rings. The largest absolute Gasteiger partial charge is 0.349 e. The normalized spacial score (nSPS) is 11.9. The smallest absolute Gasteiger partial charge is 0.226 e. The number of thiazole rings is 1. The second-order valence-corrected chi connectivity index (χ2v) is 6.69. The number of amides is 1. The van der Waals surface area contributed by atoms with Crippen LogP contribution in [-0.2, 0) is 17.6 Å². The monoisotopic (exact) mass is 355 g/mol. The Morgan fingerprint density at radius 2 is 2.00 bits per heavy atom. The van der Waals surface area contributed by atoms with Crippen LogP contribution in [0.3, 0.4) is 0 Å². The number of nitrogens with zero attached hydrogens (tertiary/aromatic N) is 2. The van der Waals surface area contributed by atoms with E-state index in [1.807, 2.05) is 30.5 Å². The van der Waals surface area contributed by atoms with Gasteiger partial charge in [-0.25, -0.2) is 9.37 Å². The third-order valence-corrected chi connectivity index (χ3v) is 4.64. The van der Waals surface area contributed by atoms with E-state index in [0.717, 1.165) is 22.0 Å². The quantitative estimate of drug-likeness (QED) is 0.734.